The molecule has 11 nitrogen and oxygen atoms in total. The number of aromatic hydroxyl groups is 2. The van der Waals surface area contributed by atoms with Gasteiger partial charge in [-0.15, -0.1) is 0 Å². The highest BCUT2D eigenvalue weighted by Gasteiger charge is 2.46. The molecular formula is C38H36O11. The Kier molecular flexibility index (Phi) is 7.73. The Morgan fingerprint density at radius 3 is 2.43 bits per heavy atom. The van der Waals surface area contributed by atoms with Crippen LogP contribution in [0.1, 0.15) is 59.5 Å². The topological polar surface area (TPSA) is 143 Å². The van der Waals surface area contributed by atoms with Crippen LogP contribution in [0.25, 0.3) is 17.0 Å². The van der Waals surface area contributed by atoms with Gasteiger partial charge in [-0.05, 0) is 57.9 Å². The van der Waals surface area contributed by atoms with E-state index in [1.54, 1.807) is 32.2 Å². The summed E-state index contributed by atoms with van der Waals surface area (Å²) in [6.45, 7) is 8.18. The lowest BCUT2D eigenvalue weighted by atomic mass is 9.80. The third-order valence-corrected chi connectivity index (χ3v) is 9.00. The fourth-order valence-corrected chi connectivity index (χ4v) is 6.57. The lowest BCUT2D eigenvalue weighted by molar-refractivity contribution is 0.0547. The van der Waals surface area contributed by atoms with Crippen molar-refractivity contribution in [3.63, 3.8) is 0 Å². The number of aryl methyl sites for hydroxylation is 1. The average Bonchev–Trinajstić information content (AvgIpc) is 3.24. The number of hydrogen-bond acceptors (Lipinski definition) is 11. The van der Waals surface area contributed by atoms with Crippen LogP contribution in [0.5, 0.6) is 46.0 Å². The quantitative estimate of drug-likeness (QED) is 0.229. The number of allylic oxidation sites excluding steroid dienone is 1. The van der Waals surface area contributed by atoms with Crippen LogP contribution < -0.4 is 33.8 Å². The summed E-state index contributed by atoms with van der Waals surface area (Å²) in [6.07, 6.45) is 5.78. The molecule has 49 heavy (non-hydrogen) atoms. The molecule has 2 atom stereocenters. The lowest BCUT2D eigenvalue weighted by Crippen LogP contribution is -2.43. The van der Waals surface area contributed by atoms with Crippen molar-refractivity contribution in [2.24, 2.45) is 0 Å². The van der Waals surface area contributed by atoms with E-state index in [2.05, 4.69) is 0 Å². The van der Waals surface area contributed by atoms with Crippen LogP contribution in [0.4, 0.5) is 0 Å². The van der Waals surface area contributed by atoms with Gasteiger partial charge in [-0.3, -0.25) is 9.59 Å². The fourth-order valence-electron chi connectivity index (χ4n) is 6.57. The van der Waals surface area contributed by atoms with Crippen molar-refractivity contribution in [1.82, 2.24) is 0 Å². The van der Waals surface area contributed by atoms with E-state index < -0.39 is 17.6 Å². The summed E-state index contributed by atoms with van der Waals surface area (Å²) in [7, 11) is 3.07. The lowest BCUT2D eigenvalue weighted by Gasteiger charge is -2.39. The van der Waals surface area contributed by atoms with Crippen molar-refractivity contribution in [3.05, 3.63) is 86.3 Å². The number of carbonyl (C=O) groups excluding carboxylic acids is 1. The molecule has 11 heteroatoms. The minimum atomic E-state index is -0.630. The van der Waals surface area contributed by atoms with Crippen LogP contribution in [0, 0.1) is 6.92 Å². The van der Waals surface area contributed by atoms with E-state index in [0.29, 0.717) is 75.6 Å². The van der Waals surface area contributed by atoms with Gasteiger partial charge in [0.1, 0.15) is 81.7 Å². The molecule has 0 amide bonds. The van der Waals surface area contributed by atoms with Crippen LogP contribution in [-0.2, 0) is 6.42 Å². The number of rotatable bonds is 2. The second kappa shape index (κ2) is 11.8. The van der Waals surface area contributed by atoms with E-state index in [0.717, 1.165) is 5.57 Å². The van der Waals surface area contributed by atoms with Crippen molar-refractivity contribution in [2.75, 3.05) is 27.4 Å². The van der Waals surface area contributed by atoms with Gasteiger partial charge in [-0.1, -0.05) is 6.08 Å². The Morgan fingerprint density at radius 1 is 0.918 bits per heavy atom. The molecule has 2 unspecified atom stereocenters. The molecule has 8 rings (SSSR count). The number of Topliss-reactive ketones (excluding diaryl/α,β-unsaturated/α-hetero) is 1. The summed E-state index contributed by atoms with van der Waals surface area (Å²) in [5.41, 5.74) is 2.79. The predicted molar refractivity (Wildman–Crippen MR) is 180 cm³/mol. The molecule has 5 heterocycles. The smallest absolute Gasteiger partial charge is 0.196 e. The minimum Gasteiger partial charge on any atom is -0.507 e. The van der Waals surface area contributed by atoms with Gasteiger partial charge in [0.15, 0.2) is 22.7 Å². The number of carbonyl (C=O) groups is 1. The second-order valence-electron chi connectivity index (χ2n) is 12.9. The summed E-state index contributed by atoms with van der Waals surface area (Å²) in [6, 6.07) is 7.99. The zero-order chi connectivity index (χ0) is 34.8. The van der Waals surface area contributed by atoms with Gasteiger partial charge in [-0.25, -0.2) is 0 Å². The van der Waals surface area contributed by atoms with E-state index in [-0.39, 0.29) is 40.3 Å². The highest BCUT2D eigenvalue weighted by molar-refractivity contribution is 6.08. The van der Waals surface area contributed by atoms with Crippen molar-refractivity contribution < 1.29 is 47.8 Å². The van der Waals surface area contributed by atoms with E-state index in [4.69, 9.17) is 32.8 Å². The monoisotopic (exact) mass is 668 g/mol. The molecule has 0 saturated carbocycles. The normalized spacial score (nSPS) is 19.3. The summed E-state index contributed by atoms with van der Waals surface area (Å²) in [5.74, 6) is 2.39. The molecule has 0 aliphatic carbocycles. The summed E-state index contributed by atoms with van der Waals surface area (Å²) in [5, 5.41) is 21.2. The van der Waals surface area contributed by atoms with Gasteiger partial charge < -0.3 is 43.1 Å². The van der Waals surface area contributed by atoms with E-state index in [1.807, 2.05) is 39.0 Å². The highest BCUT2D eigenvalue weighted by atomic mass is 16.5. The minimum absolute atomic E-state index is 0.0350. The summed E-state index contributed by atoms with van der Waals surface area (Å²) < 4.78 is 39.9. The molecule has 3 aromatic carbocycles. The summed E-state index contributed by atoms with van der Waals surface area (Å²) >= 11 is 0. The molecule has 0 radical (unpaired) electrons. The Balaban J connectivity index is 0.000000171. The Bertz CT molecular complexity index is 2150. The molecule has 2 N–H and O–H groups in total. The number of phenols is 2. The molecule has 0 saturated heterocycles. The van der Waals surface area contributed by atoms with Crippen LogP contribution in [0.3, 0.4) is 0 Å². The predicted octanol–water partition coefficient (Wildman–Crippen LogP) is 6.40. The standard InChI is InChI=1S/C23H22O7.C15H14O4/c1-23(2)6-5-11-15(30-23)8-13(24)20-21(25)19-12-7-16(26-3)17(27-4)9-14(12)28-10-18(19)29-22(11)20;1-8-3-4-10-12(18-7-8)6-13-14(15(10)17)11(16)5-9(2)19-13/h5-9,18-19,24H,10H2,1-4H3;3,5-6,17H,4,7H2,1-2H3. The molecule has 4 aliphatic heterocycles. The molecule has 254 valence electrons. The number of methoxy groups -OCH3 is 2. The third kappa shape index (κ3) is 5.48. The molecule has 0 bridgehead atoms. The number of benzene rings is 3. The molecule has 4 aromatic rings. The molecule has 1 aromatic heterocycles. The van der Waals surface area contributed by atoms with Gasteiger partial charge in [0.25, 0.3) is 0 Å². The zero-order valence-corrected chi connectivity index (χ0v) is 28.0. The highest BCUT2D eigenvalue weighted by Crippen LogP contribution is 2.52. The van der Waals surface area contributed by atoms with Crippen molar-refractivity contribution in [3.8, 4) is 46.0 Å². The third-order valence-electron chi connectivity index (χ3n) is 9.00. The van der Waals surface area contributed by atoms with Gasteiger partial charge in [0.05, 0.1) is 25.7 Å². The van der Waals surface area contributed by atoms with Crippen molar-refractivity contribution >= 4 is 22.8 Å². The largest absolute Gasteiger partial charge is 0.507 e. The van der Waals surface area contributed by atoms with E-state index in [1.165, 1.54) is 19.2 Å². The maximum Gasteiger partial charge on any atom is 0.196 e. The number of ketones is 1. The van der Waals surface area contributed by atoms with Gasteiger partial charge in [0, 0.05) is 35.4 Å². The van der Waals surface area contributed by atoms with Gasteiger partial charge >= 0.3 is 0 Å². The Morgan fingerprint density at radius 2 is 1.67 bits per heavy atom. The number of ether oxygens (including phenoxy) is 6. The maximum absolute atomic E-state index is 13.6. The molecule has 4 aliphatic rings. The first kappa shape index (κ1) is 32.0. The fraction of sp³-hybridized carbons (Fsp3) is 0.316. The molecular weight excluding hydrogens is 632 g/mol. The van der Waals surface area contributed by atoms with Crippen molar-refractivity contribution in [1.29, 1.82) is 0 Å². The number of phenolic OH excluding ortho intramolecular Hbond substituents is 2. The van der Waals surface area contributed by atoms with Crippen LogP contribution in [-0.4, -0.2) is 55.1 Å². The van der Waals surface area contributed by atoms with Crippen molar-refractivity contribution in [2.45, 2.75) is 51.7 Å². The van der Waals surface area contributed by atoms with Gasteiger partial charge in [-0.2, -0.15) is 0 Å². The second-order valence-corrected chi connectivity index (χ2v) is 12.9. The first-order chi connectivity index (χ1) is 23.4. The number of hydrogen-bond donors (Lipinski definition) is 2. The van der Waals surface area contributed by atoms with E-state index in [9.17, 15) is 19.8 Å². The van der Waals surface area contributed by atoms with E-state index >= 15 is 0 Å². The average molecular weight is 669 g/mol. The van der Waals surface area contributed by atoms with Crippen LogP contribution in [0.2, 0.25) is 0 Å². The van der Waals surface area contributed by atoms with Crippen LogP contribution >= 0.6 is 0 Å². The first-order valence-electron chi connectivity index (χ1n) is 15.8. The SMILES string of the molecule is CC1=CCc2c(cc3oc(C)cc(=O)c3c2O)OC1.COc1cc2c(cc1OC)C1C(=O)c3c(O)cc4c(c3OC1CO2)C=CC(C)(C)O4. The zero-order valence-electron chi connectivity index (χ0n) is 28.0. The van der Waals surface area contributed by atoms with Crippen LogP contribution in [0.15, 0.2) is 57.3 Å². The van der Waals surface area contributed by atoms with Gasteiger partial charge in [0.2, 0.25) is 0 Å². The maximum atomic E-state index is 13.6. The first-order valence-corrected chi connectivity index (χ1v) is 15.8. The molecule has 0 spiro atoms. The molecule has 0 fully saturated rings. The Labute approximate surface area is 281 Å². The summed E-state index contributed by atoms with van der Waals surface area (Å²) in [4.78, 5) is 25.5. The Hall–Kier alpha value is -5.58. The number of fused-ring (bicyclic) bond motifs is 8.